The van der Waals surface area contributed by atoms with Gasteiger partial charge in [-0.25, -0.2) is 28.2 Å². The van der Waals surface area contributed by atoms with Crippen molar-refractivity contribution >= 4 is 11.6 Å². The molecule has 29 heavy (non-hydrogen) atoms. The highest BCUT2D eigenvalue weighted by molar-refractivity contribution is 5.75. The summed E-state index contributed by atoms with van der Waals surface area (Å²) in [5.74, 6) is 0.604. The monoisotopic (exact) mass is 401 g/mol. The van der Waals surface area contributed by atoms with Gasteiger partial charge in [0.2, 0.25) is 5.95 Å². The SMILES string of the molecule is COc1cn2ncc(-c3nc(NC4CNCCC4F)ncc3F)c2nc1C1CC1. The third-order valence-electron chi connectivity index (χ3n) is 5.38. The van der Waals surface area contributed by atoms with Crippen molar-refractivity contribution in [3.05, 3.63) is 30.1 Å². The number of halogens is 2. The van der Waals surface area contributed by atoms with Crippen molar-refractivity contribution in [3.8, 4) is 17.0 Å². The molecule has 2 fully saturated rings. The predicted octanol–water partition coefficient (Wildman–Crippen LogP) is 2.32. The number of nitrogens with one attached hydrogen (secondary N) is 2. The molecule has 1 saturated carbocycles. The fourth-order valence-electron chi connectivity index (χ4n) is 3.64. The van der Waals surface area contributed by atoms with Gasteiger partial charge in [-0.05, 0) is 25.8 Å². The molecule has 152 valence electrons. The van der Waals surface area contributed by atoms with Crippen molar-refractivity contribution in [2.75, 3.05) is 25.5 Å². The van der Waals surface area contributed by atoms with Crippen molar-refractivity contribution in [2.45, 2.75) is 37.4 Å². The van der Waals surface area contributed by atoms with Crippen LogP contribution >= 0.6 is 0 Å². The van der Waals surface area contributed by atoms with Crippen LogP contribution < -0.4 is 15.4 Å². The van der Waals surface area contributed by atoms with Crippen LogP contribution in [0.15, 0.2) is 18.6 Å². The molecule has 1 saturated heterocycles. The number of fused-ring (bicyclic) bond motifs is 1. The zero-order valence-corrected chi connectivity index (χ0v) is 15.9. The maximum atomic E-state index is 14.6. The molecular formula is C19H21F2N7O. The predicted molar refractivity (Wildman–Crippen MR) is 102 cm³/mol. The van der Waals surface area contributed by atoms with Gasteiger partial charge in [-0.2, -0.15) is 5.10 Å². The standard InChI is InChI=1S/C19H21F2N7O/c1-29-15-9-28-18(26-16(15)10-2-3-10)11(6-24-28)17-13(21)7-23-19(27-17)25-14-8-22-5-4-12(14)20/h6-7,9-10,12,14,22H,2-5,8H2,1H3,(H,23,25,27). The zero-order chi connectivity index (χ0) is 20.0. The minimum absolute atomic E-state index is 0.0797. The second-order valence-corrected chi connectivity index (χ2v) is 7.44. The summed E-state index contributed by atoms with van der Waals surface area (Å²) in [7, 11) is 1.60. The van der Waals surface area contributed by atoms with E-state index >= 15 is 0 Å². The summed E-state index contributed by atoms with van der Waals surface area (Å²) in [4.78, 5) is 13.0. The van der Waals surface area contributed by atoms with Gasteiger partial charge in [-0.15, -0.1) is 0 Å². The van der Waals surface area contributed by atoms with Crippen LogP contribution in [-0.4, -0.2) is 57.0 Å². The Morgan fingerprint density at radius 3 is 2.86 bits per heavy atom. The van der Waals surface area contributed by atoms with Gasteiger partial charge in [0.15, 0.2) is 17.2 Å². The quantitative estimate of drug-likeness (QED) is 0.678. The largest absolute Gasteiger partial charge is 0.493 e. The lowest BCUT2D eigenvalue weighted by Crippen LogP contribution is -2.46. The maximum absolute atomic E-state index is 14.6. The van der Waals surface area contributed by atoms with Crippen LogP contribution in [0, 0.1) is 5.82 Å². The van der Waals surface area contributed by atoms with E-state index in [-0.39, 0.29) is 11.6 Å². The molecule has 5 rings (SSSR count). The Hall–Kier alpha value is -2.88. The van der Waals surface area contributed by atoms with Crippen LogP contribution in [0.25, 0.3) is 16.9 Å². The second kappa shape index (κ2) is 7.18. The lowest BCUT2D eigenvalue weighted by molar-refractivity contribution is 0.240. The molecule has 0 aromatic carbocycles. The van der Waals surface area contributed by atoms with Gasteiger partial charge in [-0.3, -0.25) is 0 Å². The summed E-state index contributed by atoms with van der Waals surface area (Å²) in [6.07, 6.45) is 5.86. The van der Waals surface area contributed by atoms with Crippen LogP contribution in [0.5, 0.6) is 5.75 Å². The average molecular weight is 401 g/mol. The van der Waals surface area contributed by atoms with Gasteiger partial charge in [0.25, 0.3) is 0 Å². The van der Waals surface area contributed by atoms with E-state index in [0.717, 1.165) is 24.7 Å². The smallest absolute Gasteiger partial charge is 0.223 e. The minimum Gasteiger partial charge on any atom is -0.493 e. The Kier molecular flexibility index (Phi) is 4.50. The Morgan fingerprint density at radius 1 is 1.24 bits per heavy atom. The molecule has 2 N–H and O–H groups in total. The van der Waals surface area contributed by atoms with Crippen molar-refractivity contribution in [2.24, 2.45) is 0 Å². The number of rotatable bonds is 5. The highest BCUT2D eigenvalue weighted by Crippen LogP contribution is 2.43. The molecule has 0 bridgehead atoms. The van der Waals surface area contributed by atoms with Crippen molar-refractivity contribution < 1.29 is 13.5 Å². The first-order valence-corrected chi connectivity index (χ1v) is 9.70. The summed E-state index contributed by atoms with van der Waals surface area (Å²) >= 11 is 0. The molecule has 2 atom stereocenters. The normalized spacial score (nSPS) is 22.0. The highest BCUT2D eigenvalue weighted by atomic mass is 19.1. The first kappa shape index (κ1) is 18.2. The average Bonchev–Trinajstić information content (AvgIpc) is 3.50. The van der Waals surface area contributed by atoms with Crippen molar-refractivity contribution in [1.29, 1.82) is 0 Å². The molecular weight excluding hydrogens is 380 g/mol. The molecule has 4 heterocycles. The number of aromatic nitrogens is 5. The zero-order valence-electron chi connectivity index (χ0n) is 15.9. The summed E-state index contributed by atoms with van der Waals surface area (Å²) in [6, 6.07) is -0.463. The lowest BCUT2D eigenvalue weighted by Gasteiger charge is -2.27. The molecule has 3 aromatic rings. The second-order valence-electron chi connectivity index (χ2n) is 7.44. The molecule has 0 amide bonds. The van der Waals surface area contributed by atoms with E-state index in [1.165, 1.54) is 6.20 Å². The van der Waals surface area contributed by atoms with E-state index in [1.807, 2.05) is 0 Å². The number of methoxy groups -OCH3 is 1. The number of alkyl halides is 1. The van der Waals surface area contributed by atoms with Gasteiger partial charge >= 0.3 is 0 Å². The van der Waals surface area contributed by atoms with E-state index in [4.69, 9.17) is 9.72 Å². The van der Waals surface area contributed by atoms with Crippen LogP contribution in [0.1, 0.15) is 30.9 Å². The number of ether oxygens (including phenoxy) is 1. The molecule has 3 aromatic heterocycles. The van der Waals surface area contributed by atoms with Crippen LogP contribution in [0.4, 0.5) is 14.7 Å². The maximum Gasteiger partial charge on any atom is 0.223 e. The summed E-state index contributed by atoms with van der Waals surface area (Å²) in [6.45, 7) is 1.09. The van der Waals surface area contributed by atoms with Gasteiger partial charge in [-0.1, -0.05) is 0 Å². The molecule has 8 nitrogen and oxygen atoms in total. The number of hydrogen-bond acceptors (Lipinski definition) is 7. The Balaban J connectivity index is 1.53. The van der Waals surface area contributed by atoms with Crippen LogP contribution in [0.2, 0.25) is 0 Å². The number of piperidine rings is 1. The minimum atomic E-state index is -1.01. The fourth-order valence-corrected chi connectivity index (χ4v) is 3.64. The van der Waals surface area contributed by atoms with Crippen molar-refractivity contribution in [3.63, 3.8) is 0 Å². The highest BCUT2D eigenvalue weighted by Gasteiger charge is 2.30. The van der Waals surface area contributed by atoms with Crippen LogP contribution in [0.3, 0.4) is 0 Å². The van der Waals surface area contributed by atoms with Gasteiger partial charge in [0.1, 0.15) is 11.9 Å². The molecule has 1 aliphatic heterocycles. The molecule has 2 unspecified atom stereocenters. The van der Waals surface area contributed by atoms with E-state index < -0.39 is 18.0 Å². The van der Waals surface area contributed by atoms with Gasteiger partial charge in [0, 0.05) is 12.5 Å². The van der Waals surface area contributed by atoms with E-state index in [1.54, 1.807) is 17.8 Å². The molecule has 2 aliphatic rings. The molecule has 0 spiro atoms. The number of nitrogens with zero attached hydrogens (tertiary/aromatic N) is 5. The van der Waals surface area contributed by atoms with E-state index in [9.17, 15) is 8.78 Å². The van der Waals surface area contributed by atoms with E-state index in [0.29, 0.717) is 42.4 Å². The Bertz CT molecular complexity index is 1050. The molecule has 1 aliphatic carbocycles. The van der Waals surface area contributed by atoms with Gasteiger partial charge in [0.05, 0.1) is 43.0 Å². The Morgan fingerprint density at radius 2 is 2.10 bits per heavy atom. The van der Waals surface area contributed by atoms with Crippen molar-refractivity contribution in [1.82, 2.24) is 29.9 Å². The molecule has 0 radical (unpaired) electrons. The van der Waals surface area contributed by atoms with Gasteiger partial charge < -0.3 is 15.4 Å². The summed E-state index contributed by atoms with van der Waals surface area (Å²) < 4.78 is 35.7. The van der Waals surface area contributed by atoms with Crippen LogP contribution in [-0.2, 0) is 0 Å². The fraction of sp³-hybridized carbons (Fsp3) is 0.474. The topological polar surface area (TPSA) is 89.3 Å². The molecule has 10 heteroatoms. The third kappa shape index (κ3) is 3.37. The number of hydrogen-bond donors (Lipinski definition) is 2. The first-order chi connectivity index (χ1) is 14.1. The van der Waals surface area contributed by atoms with E-state index in [2.05, 4.69) is 25.7 Å². The lowest BCUT2D eigenvalue weighted by atomic mass is 10.1. The Labute approximate surface area is 165 Å². The summed E-state index contributed by atoms with van der Waals surface area (Å²) in [5.41, 5.74) is 1.88. The first-order valence-electron chi connectivity index (χ1n) is 9.70. The number of anilines is 1. The summed E-state index contributed by atoms with van der Waals surface area (Å²) in [5, 5.41) is 10.4. The third-order valence-corrected chi connectivity index (χ3v) is 5.38.